The zero-order valence-corrected chi connectivity index (χ0v) is 10.5. The van der Waals surface area contributed by atoms with Gasteiger partial charge in [-0.3, -0.25) is 4.79 Å². The van der Waals surface area contributed by atoms with Crippen molar-refractivity contribution in [1.82, 2.24) is 5.32 Å². The summed E-state index contributed by atoms with van der Waals surface area (Å²) in [5.41, 5.74) is 0. The summed E-state index contributed by atoms with van der Waals surface area (Å²) in [4.78, 5) is 11.9. The fourth-order valence-corrected chi connectivity index (χ4v) is 2.67. The highest BCUT2D eigenvalue weighted by Crippen LogP contribution is 2.32. The van der Waals surface area contributed by atoms with E-state index in [1.54, 1.807) is 6.07 Å². The van der Waals surface area contributed by atoms with E-state index in [0.29, 0.717) is 4.88 Å². The van der Waals surface area contributed by atoms with Gasteiger partial charge in [-0.05, 0) is 37.9 Å². The maximum Gasteiger partial charge on any atom is 0.261 e. The number of amides is 1. The smallest absolute Gasteiger partial charge is 0.261 e. The zero-order valence-electron chi connectivity index (χ0n) is 6.51. The molecule has 1 aromatic heterocycles. The van der Waals surface area contributed by atoms with Crippen molar-refractivity contribution >= 4 is 49.1 Å². The highest BCUT2D eigenvalue weighted by molar-refractivity contribution is 9.13. The van der Waals surface area contributed by atoms with Crippen LogP contribution in [-0.2, 0) is 0 Å². The minimum atomic E-state index is -0.162. The number of aliphatic hydroxyl groups is 1. The van der Waals surface area contributed by atoms with Crippen LogP contribution in [0.15, 0.2) is 14.3 Å². The molecule has 1 rings (SSSR count). The van der Waals surface area contributed by atoms with Crippen molar-refractivity contribution < 1.29 is 9.90 Å². The van der Waals surface area contributed by atoms with Gasteiger partial charge in [0.05, 0.1) is 15.3 Å². The number of nitrogens with one attached hydrogen (secondary N) is 1. The molecule has 13 heavy (non-hydrogen) atoms. The lowest BCUT2D eigenvalue weighted by Crippen LogP contribution is -2.25. The molecule has 0 saturated carbocycles. The second kappa shape index (κ2) is 5.09. The normalized spacial score (nSPS) is 10.1. The first-order valence-corrected chi connectivity index (χ1v) is 5.89. The highest BCUT2D eigenvalue weighted by atomic mass is 79.9. The number of thiophene rings is 1. The van der Waals surface area contributed by atoms with Crippen LogP contribution in [0.1, 0.15) is 9.67 Å². The maximum absolute atomic E-state index is 11.3. The van der Waals surface area contributed by atoms with Crippen molar-refractivity contribution in [3.8, 4) is 0 Å². The average Bonchev–Trinajstić information content (AvgIpc) is 2.43. The predicted octanol–water partition coefficient (Wildman–Crippen LogP) is 2.00. The summed E-state index contributed by atoms with van der Waals surface area (Å²) >= 11 is 7.93. The summed E-state index contributed by atoms with van der Waals surface area (Å²) in [5, 5.41) is 11.1. The van der Waals surface area contributed by atoms with Gasteiger partial charge in [0.1, 0.15) is 0 Å². The fraction of sp³-hybridized carbons (Fsp3) is 0.286. The number of carbonyl (C=O) groups is 1. The van der Waals surface area contributed by atoms with E-state index in [-0.39, 0.29) is 19.1 Å². The Hall–Kier alpha value is 0.0900. The molecule has 0 aromatic carbocycles. The molecule has 2 N–H and O–H groups in total. The molecular formula is C7H7Br2NO2S. The van der Waals surface area contributed by atoms with Crippen LogP contribution in [0.2, 0.25) is 0 Å². The molecule has 0 saturated heterocycles. The van der Waals surface area contributed by atoms with E-state index in [4.69, 9.17) is 5.11 Å². The van der Waals surface area contributed by atoms with E-state index in [1.165, 1.54) is 11.3 Å². The first kappa shape index (κ1) is 11.2. The van der Waals surface area contributed by atoms with Gasteiger partial charge in [0, 0.05) is 11.0 Å². The molecular weight excluding hydrogens is 322 g/mol. The van der Waals surface area contributed by atoms with E-state index in [9.17, 15) is 4.79 Å². The number of carbonyl (C=O) groups excluding carboxylic acids is 1. The summed E-state index contributed by atoms with van der Waals surface area (Å²) in [7, 11) is 0. The number of hydrogen-bond acceptors (Lipinski definition) is 3. The van der Waals surface area contributed by atoms with Gasteiger partial charge in [0.25, 0.3) is 5.91 Å². The van der Waals surface area contributed by atoms with E-state index >= 15 is 0 Å². The number of halogens is 2. The minimum Gasteiger partial charge on any atom is -0.395 e. The van der Waals surface area contributed by atoms with E-state index < -0.39 is 0 Å². The first-order valence-electron chi connectivity index (χ1n) is 3.49. The second-order valence-electron chi connectivity index (χ2n) is 2.21. The zero-order chi connectivity index (χ0) is 9.84. The van der Waals surface area contributed by atoms with Crippen molar-refractivity contribution in [3.63, 3.8) is 0 Å². The summed E-state index contributed by atoms with van der Waals surface area (Å²) in [6.45, 7) is 0.241. The summed E-state index contributed by atoms with van der Waals surface area (Å²) < 4.78 is 1.76. The average molecular weight is 329 g/mol. The Labute approximate surface area is 96.4 Å². The van der Waals surface area contributed by atoms with Crippen LogP contribution in [0, 0.1) is 0 Å². The van der Waals surface area contributed by atoms with Crippen LogP contribution in [0.3, 0.4) is 0 Å². The molecule has 1 heterocycles. The van der Waals surface area contributed by atoms with Crippen LogP contribution in [0.25, 0.3) is 0 Å². The highest BCUT2D eigenvalue weighted by Gasteiger charge is 2.10. The molecule has 72 valence electrons. The van der Waals surface area contributed by atoms with Crippen molar-refractivity contribution in [2.75, 3.05) is 13.2 Å². The number of rotatable bonds is 3. The SMILES string of the molecule is O=C(NCCO)c1cc(Br)c(Br)s1. The Balaban J connectivity index is 2.66. The molecule has 0 aliphatic rings. The molecule has 6 heteroatoms. The molecule has 0 radical (unpaired) electrons. The lowest BCUT2D eigenvalue weighted by molar-refractivity contribution is 0.0949. The van der Waals surface area contributed by atoms with Gasteiger partial charge in [-0.2, -0.15) is 0 Å². The van der Waals surface area contributed by atoms with Crippen LogP contribution >= 0.6 is 43.2 Å². The molecule has 0 fully saturated rings. The number of aliphatic hydroxyl groups excluding tert-OH is 1. The predicted molar refractivity (Wildman–Crippen MR) is 59.1 cm³/mol. The van der Waals surface area contributed by atoms with Gasteiger partial charge in [-0.15, -0.1) is 11.3 Å². The van der Waals surface area contributed by atoms with Gasteiger partial charge < -0.3 is 10.4 Å². The molecule has 0 unspecified atom stereocenters. The second-order valence-corrected chi connectivity index (χ2v) is 5.44. The van der Waals surface area contributed by atoms with Crippen LogP contribution in [-0.4, -0.2) is 24.2 Å². The first-order chi connectivity index (χ1) is 6.15. The largest absolute Gasteiger partial charge is 0.395 e. The van der Waals surface area contributed by atoms with E-state index in [2.05, 4.69) is 37.2 Å². The molecule has 3 nitrogen and oxygen atoms in total. The molecule has 1 aromatic rings. The third-order valence-corrected chi connectivity index (χ3v) is 4.52. The fourth-order valence-electron chi connectivity index (χ4n) is 0.715. The minimum absolute atomic E-state index is 0.0422. The van der Waals surface area contributed by atoms with E-state index in [1.807, 2.05) is 0 Å². The summed E-state index contributed by atoms with van der Waals surface area (Å²) in [6, 6.07) is 1.74. The van der Waals surface area contributed by atoms with Gasteiger partial charge in [0.2, 0.25) is 0 Å². The Morgan fingerprint density at radius 2 is 2.31 bits per heavy atom. The molecule has 0 aliphatic carbocycles. The molecule has 0 atom stereocenters. The Morgan fingerprint density at radius 3 is 2.77 bits per heavy atom. The van der Waals surface area contributed by atoms with Gasteiger partial charge in [0.15, 0.2) is 0 Å². The Morgan fingerprint density at radius 1 is 1.62 bits per heavy atom. The van der Waals surface area contributed by atoms with Crippen molar-refractivity contribution in [3.05, 3.63) is 19.2 Å². The molecule has 1 amide bonds. The third kappa shape index (κ3) is 3.05. The van der Waals surface area contributed by atoms with Gasteiger partial charge in [-0.25, -0.2) is 0 Å². The molecule has 0 bridgehead atoms. The lowest BCUT2D eigenvalue weighted by atomic mass is 10.4. The molecule has 0 spiro atoms. The van der Waals surface area contributed by atoms with Crippen LogP contribution in [0.5, 0.6) is 0 Å². The van der Waals surface area contributed by atoms with Gasteiger partial charge in [-0.1, -0.05) is 0 Å². The standard InChI is InChI=1S/C7H7Br2NO2S/c8-4-3-5(13-6(4)9)7(12)10-1-2-11/h3,11H,1-2H2,(H,10,12). The summed E-state index contributed by atoms with van der Waals surface area (Å²) in [6.07, 6.45) is 0. The monoisotopic (exact) mass is 327 g/mol. The number of hydrogen-bond donors (Lipinski definition) is 2. The van der Waals surface area contributed by atoms with Crippen molar-refractivity contribution in [2.24, 2.45) is 0 Å². The van der Waals surface area contributed by atoms with E-state index in [0.717, 1.165) is 8.26 Å². The lowest BCUT2D eigenvalue weighted by Gasteiger charge is -1.98. The van der Waals surface area contributed by atoms with Crippen LogP contribution < -0.4 is 5.32 Å². The van der Waals surface area contributed by atoms with Crippen molar-refractivity contribution in [2.45, 2.75) is 0 Å². The molecule has 0 aliphatic heterocycles. The Bertz CT molecular complexity index is 294. The summed E-state index contributed by atoms with van der Waals surface area (Å²) in [5.74, 6) is -0.162. The van der Waals surface area contributed by atoms with Gasteiger partial charge >= 0.3 is 0 Å². The topological polar surface area (TPSA) is 49.3 Å². The van der Waals surface area contributed by atoms with Crippen molar-refractivity contribution in [1.29, 1.82) is 0 Å². The van der Waals surface area contributed by atoms with Crippen LogP contribution in [0.4, 0.5) is 0 Å². The maximum atomic E-state index is 11.3. The third-order valence-electron chi connectivity index (χ3n) is 1.27. The Kier molecular flexibility index (Phi) is 4.37. The quantitative estimate of drug-likeness (QED) is 0.891.